The number of halogens is 3. The van der Waals surface area contributed by atoms with Crippen molar-refractivity contribution in [2.75, 3.05) is 0 Å². The summed E-state index contributed by atoms with van der Waals surface area (Å²) >= 11 is 0. The fraction of sp³-hybridized carbons (Fsp3) is 0.0588. The van der Waals surface area contributed by atoms with Gasteiger partial charge in [0.15, 0.2) is 0 Å². The van der Waals surface area contributed by atoms with Crippen LogP contribution < -0.4 is 0 Å². The van der Waals surface area contributed by atoms with Crippen LogP contribution in [0, 0.1) is 0 Å². The molecule has 8 heteroatoms. The van der Waals surface area contributed by atoms with Crippen LogP contribution in [0.2, 0.25) is 0 Å². The predicted molar refractivity (Wildman–Crippen MR) is 84.2 cm³/mol. The number of hydrogen-bond donors (Lipinski definition) is 2. The van der Waals surface area contributed by atoms with Crippen LogP contribution >= 0.6 is 0 Å². The summed E-state index contributed by atoms with van der Waals surface area (Å²) in [7, 11) is -4.32. The van der Waals surface area contributed by atoms with Crippen molar-refractivity contribution in [1.82, 2.24) is 0 Å². The number of phenolic OH excluding ortho intramolecular Hbond substituents is 2. The third kappa shape index (κ3) is 2.89. The first kappa shape index (κ1) is 17.1. The van der Waals surface area contributed by atoms with Crippen molar-refractivity contribution in [1.29, 1.82) is 0 Å². The van der Waals surface area contributed by atoms with E-state index in [1.165, 1.54) is 12.1 Å². The summed E-state index contributed by atoms with van der Waals surface area (Å²) < 4.78 is 63.1. The third-order valence-electron chi connectivity index (χ3n) is 3.74. The average molecular weight is 368 g/mol. The van der Waals surface area contributed by atoms with Crippen LogP contribution in [0.1, 0.15) is 5.56 Å². The molecular formula is C17H11F3O4S. The van der Waals surface area contributed by atoms with Crippen LogP contribution in [-0.2, 0) is 16.0 Å². The standard InChI is InChI=1S/C17H11F3O4S/c18-17(19,20)10-5-7-11(8-6-10)25(23,24)15-9-14(21)12-3-1-2-4-13(12)16(15)22/h1-9,21-22H. The Labute approximate surface area is 140 Å². The highest BCUT2D eigenvalue weighted by molar-refractivity contribution is 7.91. The molecule has 0 saturated heterocycles. The molecule has 0 fully saturated rings. The molecule has 0 aliphatic carbocycles. The highest BCUT2D eigenvalue weighted by Crippen LogP contribution is 2.40. The lowest BCUT2D eigenvalue weighted by Gasteiger charge is -2.12. The van der Waals surface area contributed by atoms with E-state index in [9.17, 15) is 31.8 Å². The van der Waals surface area contributed by atoms with E-state index >= 15 is 0 Å². The van der Waals surface area contributed by atoms with Crippen LogP contribution in [0.5, 0.6) is 11.5 Å². The lowest BCUT2D eigenvalue weighted by Crippen LogP contribution is -2.07. The van der Waals surface area contributed by atoms with Gasteiger partial charge in [0.2, 0.25) is 9.84 Å². The maximum Gasteiger partial charge on any atom is 0.416 e. The predicted octanol–water partition coefficient (Wildman–Crippen LogP) is 4.10. The molecule has 3 aromatic rings. The second-order valence-corrected chi connectivity index (χ2v) is 7.23. The molecular weight excluding hydrogens is 357 g/mol. The van der Waals surface area contributed by atoms with Gasteiger partial charge in [0.05, 0.1) is 10.5 Å². The maximum absolute atomic E-state index is 12.7. The quantitative estimate of drug-likeness (QED) is 0.668. The number of aromatic hydroxyl groups is 2. The summed E-state index contributed by atoms with van der Waals surface area (Å²) in [5.74, 6) is -0.938. The molecule has 0 unspecified atom stereocenters. The molecule has 0 aliphatic rings. The number of sulfone groups is 1. The second kappa shape index (κ2) is 5.66. The topological polar surface area (TPSA) is 74.6 Å². The Kier molecular flexibility index (Phi) is 3.87. The number of benzene rings is 3. The van der Waals surface area contributed by atoms with Crippen molar-refractivity contribution in [2.45, 2.75) is 16.0 Å². The van der Waals surface area contributed by atoms with Gasteiger partial charge in [-0.3, -0.25) is 0 Å². The van der Waals surface area contributed by atoms with E-state index in [1.807, 2.05) is 0 Å². The fourth-order valence-electron chi connectivity index (χ4n) is 2.47. The van der Waals surface area contributed by atoms with Gasteiger partial charge in [-0.2, -0.15) is 13.2 Å². The third-order valence-corrected chi connectivity index (χ3v) is 5.52. The smallest absolute Gasteiger partial charge is 0.416 e. The molecule has 0 aromatic heterocycles. The van der Waals surface area contributed by atoms with Gasteiger partial charge in [0, 0.05) is 16.8 Å². The Morgan fingerprint density at radius 3 is 1.96 bits per heavy atom. The van der Waals surface area contributed by atoms with Crippen molar-refractivity contribution in [2.24, 2.45) is 0 Å². The summed E-state index contributed by atoms with van der Waals surface area (Å²) in [4.78, 5) is -1.01. The molecule has 0 heterocycles. The fourth-order valence-corrected chi connectivity index (χ4v) is 3.85. The molecule has 0 atom stereocenters. The summed E-state index contributed by atoms with van der Waals surface area (Å²) in [5, 5.41) is 20.7. The zero-order valence-corrected chi connectivity index (χ0v) is 13.3. The Morgan fingerprint density at radius 1 is 0.840 bits per heavy atom. The van der Waals surface area contributed by atoms with Gasteiger partial charge in [0.1, 0.15) is 16.4 Å². The van der Waals surface area contributed by atoms with Gasteiger partial charge in [-0.25, -0.2) is 8.42 Å². The Balaban J connectivity index is 2.18. The molecule has 25 heavy (non-hydrogen) atoms. The average Bonchev–Trinajstić information content (AvgIpc) is 2.57. The van der Waals surface area contributed by atoms with E-state index in [0.29, 0.717) is 12.1 Å². The normalized spacial score (nSPS) is 12.4. The van der Waals surface area contributed by atoms with E-state index in [-0.39, 0.29) is 16.5 Å². The van der Waals surface area contributed by atoms with Gasteiger partial charge < -0.3 is 10.2 Å². The van der Waals surface area contributed by atoms with Crippen LogP contribution in [0.15, 0.2) is 64.4 Å². The molecule has 3 aromatic carbocycles. The summed E-state index contributed by atoms with van der Waals surface area (Å²) in [6, 6.07) is 9.87. The highest BCUT2D eigenvalue weighted by Gasteiger charge is 2.31. The minimum Gasteiger partial charge on any atom is -0.507 e. The van der Waals surface area contributed by atoms with E-state index < -0.39 is 37.1 Å². The molecule has 4 nitrogen and oxygen atoms in total. The first-order valence-corrected chi connectivity index (χ1v) is 8.46. The Bertz CT molecular complexity index is 1060. The summed E-state index contributed by atoms with van der Waals surface area (Å²) in [6.07, 6.45) is -4.59. The summed E-state index contributed by atoms with van der Waals surface area (Å²) in [6.45, 7) is 0. The Morgan fingerprint density at radius 2 is 1.40 bits per heavy atom. The minimum atomic E-state index is -4.59. The van der Waals surface area contributed by atoms with Crippen molar-refractivity contribution >= 4 is 20.6 Å². The first-order valence-electron chi connectivity index (χ1n) is 6.98. The van der Waals surface area contributed by atoms with Crippen molar-refractivity contribution in [3.8, 4) is 11.5 Å². The number of phenols is 2. The lowest BCUT2D eigenvalue weighted by atomic mass is 10.1. The molecule has 130 valence electrons. The van der Waals surface area contributed by atoms with Crippen molar-refractivity contribution < 1.29 is 31.8 Å². The lowest BCUT2D eigenvalue weighted by molar-refractivity contribution is -0.137. The minimum absolute atomic E-state index is 0.119. The first-order chi connectivity index (χ1) is 11.6. The largest absolute Gasteiger partial charge is 0.507 e. The zero-order valence-electron chi connectivity index (χ0n) is 12.4. The SMILES string of the molecule is O=S(=O)(c1ccc(C(F)(F)F)cc1)c1cc(O)c2ccccc2c1O. The van der Waals surface area contributed by atoms with Gasteiger partial charge in [-0.1, -0.05) is 24.3 Å². The van der Waals surface area contributed by atoms with Gasteiger partial charge in [0.25, 0.3) is 0 Å². The van der Waals surface area contributed by atoms with Crippen LogP contribution in [-0.4, -0.2) is 18.6 Å². The molecule has 0 saturated carbocycles. The highest BCUT2D eigenvalue weighted by atomic mass is 32.2. The molecule has 0 bridgehead atoms. The van der Waals surface area contributed by atoms with E-state index in [1.54, 1.807) is 12.1 Å². The molecule has 2 N–H and O–H groups in total. The number of alkyl halides is 3. The number of hydrogen-bond acceptors (Lipinski definition) is 4. The molecule has 0 spiro atoms. The Hall–Kier alpha value is -2.74. The maximum atomic E-state index is 12.7. The van der Waals surface area contributed by atoms with E-state index in [2.05, 4.69) is 0 Å². The van der Waals surface area contributed by atoms with Crippen molar-refractivity contribution in [3.63, 3.8) is 0 Å². The molecule has 0 radical (unpaired) electrons. The van der Waals surface area contributed by atoms with Crippen molar-refractivity contribution in [3.05, 3.63) is 60.2 Å². The number of fused-ring (bicyclic) bond motifs is 1. The zero-order chi connectivity index (χ0) is 18.4. The van der Waals surface area contributed by atoms with E-state index in [4.69, 9.17) is 0 Å². The van der Waals surface area contributed by atoms with E-state index in [0.717, 1.165) is 18.2 Å². The molecule has 0 aliphatic heterocycles. The monoisotopic (exact) mass is 368 g/mol. The number of rotatable bonds is 2. The van der Waals surface area contributed by atoms with Crippen LogP contribution in [0.4, 0.5) is 13.2 Å². The van der Waals surface area contributed by atoms with Crippen LogP contribution in [0.25, 0.3) is 10.8 Å². The van der Waals surface area contributed by atoms with Gasteiger partial charge in [-0.15, -0.1) is 0 Å². The summed E-state index contributed by atoms with van der Waals surface area (Å²) in [5.41, 5.74) is -0.989. The van der Waals surface area contributed by atoms with Crippen LogP contribution in [0.3, 0.4) is 0 Å². The molecule has 0 amide bonds. The second-order valence-electron chi connectivity index (χ2n) is 5.31. The molecule has 3 rings (SSSR count). The van der Waals surface area contributed by atoms with Gasteiger partial charge >= 0.3 is 6.18 Å². The van der Waals surface area contributed by atoms with Gasteiger partial charge in [-0.05, 0) is 24.3 Å².